The minimum atomic E-state index is -1.02. The Kier molecular flexibility index (Phi) is 5.95. The monoisotopic (exact) mass is 454 g/mol. The first-order chi connectivity index (χ1) is 15.5. The Morgan fingerprint density at radius 3 is 2.70 bits per heavy atom. The van der Waals surface area contributed by atoms with Gasteiger partial charge in [0.2, 0.25) is 0 Å². The second kappa shape index (κ2) is 8.45. The third-order valence-corrected chi connectivity index (χ3v) is 6.10. The summed E-state index contributed by atoms with van der Waals surface area (Å²) in [5.41, 5.74) is 4.59. The van der Waals surface area contributed by atoms with Gasteiger partial charge in [-0.1, -0.05) is 0 Å². The standard InChI is InChI=1S/C26H31FN2O4/c1-14-16-9-8-12-32-22(16)19(27)13-18(14)21-17-10-11-29(6)24(17)28-15(2)20(21)23(25(30)31-7)33-26(3,4)5/h10-11,13,23H,8-9,12H2,1-7H3. The zero-order chi connectivity index (χ0) is 24.1. The molecule has 0 radical (unpaired) electrons. The van der Waals surface area contributed by atoms with Gasteiger partial charge in [0, 0.05) is 41.0 Å². The molecule has 0 saturated carbocycles. The molecule has 4 rings (SSSR count). The van der Waals surface area contributed by atoms with Crippen molar-refractivity contribution in [1.29, 1.82) is 0 Å². The summed E-state index contributed by atoms with van der Waals surface area (Å²) < 4.78 is 34.2. The Hall–Kier alpha value is -2.93. The first-order valence-corrected chi connectivity index (χ1v) is 11.2. The number of fused-ring (bicyclic) bond motifs is 2. The maximum atomic E-state index is 15.3. The van der Waals surface area contributed by atoms with Crippen LogP contribution in [0.15, 0.2) is 18.3 Å². The third kappa shape index (κ3) is 4.10. The van der Waals surface area contributed by atoms with Crippen LogP contribution in [0.1, 0.15) is 55.7 Å². The fourth-order valence-electron chi connectivity index (χ4n) is 4.61. The lowest BCUT2D eigenvalue weighted by Gasteiger charge is -2.29. The minimum absolute atomic E-state index is 0.328. The highest BCUT2D eigenvalue weighted by Crippen LogP contribution is 2.44. The highest BCUT2D eigenvalue weighted by atomic mass is 19.1. The lowest BCUT2D eigenvalue weighted by Crippen LogP contribution is -2.29. The van der Waals surface area contributed by atoms with Crippen LogP contribution in [0.4, 0.5) is 4.39 Å². The summed E-state index contributed by atoms with van der Waals surface area (Å²) in [5, 5.41) is 0.823. The van der Waals surface area contributed by atoms with E-state index in [1.54, 1.807) is 0 Å². The van der Waals surface area contributed by atoms with E-state index in [9.17, 15) is 4.79 Å². The Morgan fingerprint density at radius 1 is 1.30 bits per heavy atom. The van der Waals surface area contributed by atoms with E-state index in [-0.39, 0.29) is 0 Å². The largest absolute Gasteiger partial charge is 0.490 e. The van der Waals surface area contributed by atoms with Crippen molar-refractivity contribution < 1.29 is 23.4 Å². The maximum absolute atomic E-state index is 15.3. The van der Waals surface area contributed by atoms with E-state index in [0.717, 1.165) is 40.6 Å². The van der Waals surface area contributed by atoms with Gasteiger partial charge in [-0.2, -0.15) is 0 Å². The molecule has 6 nitrogen and oxygen atoms in total. The zero-order valence-corrected chi connectivity index (χ0v) is 20.3. The first kappa shape index (κ1) is 23.2. The number of ether oxygens (including phenoxy) is 3. The number of carbonyl (C=O) groups is 1. The lowest BCUT2D eigenvalue weighted by atomic mass is 9.86. The van der Waals surface area contributed by atoms with E-state index >= 15 is 4.39 Å². The molecule has 0 bridgehead atoms. The lowest BCUT2D eigenvalue weighted by molar-refractivity contribution is -0.164. The molecular weight excluding hydrogens is 423 g/mol. The van der Waals surface area contributed by atoms with E-state index in [2.05, 4.69) is 0 Å². The molecule has 2 aromatic heterocycles. The molecule has 3 aromatic rings. The normalized spacial score (nSPS) is 14.7. The van der Waals surface area contributed by atoms with Crippen LogP contribution in [0.5, 0.6) is 5.75 Å². The molecule has 0 fully saturated rings. The number of pyridine rings is 1. The van der Waals surface area contributed by atoms with Gasteiger partial charge in [0.1, 0.15) is 5.65 Å². The molecule has 1 atom stereocenters. The van der Waals surface area contributed by atoms with Crippen LogP contribution in [-0.2, 0) is 27.7 Å². The van der Waals surface area contributed by atoms with Gasteiger partial charge in [-0.05, 0) is 70.7 Å². The van der Waals surface area contributed by atoms with Gasteiger partial charge < -0.3 is 18.8 Å². The quantitative estimate of drug-likeness (QED) is 0.497. The Morgan fingerprint density at radius 2 is 2.03 bits per heavy atom. The van der Waals surface area contributed by atoms with Crippen molar-refractivity contribution in [3.8, 4) is 16.9 Å². The number of aryl methyl sites for hydroxylation is 2. The first-order valence-electron chi connectivity index (χ1n) is 11.2. The molecule has 33 heavy (non-hydrogen) atoms. The summed E-state index contributed by atoms with van der Waals surface area (Å²) in [5.74, 6) is -0.596. The average molecular weight is 455 g/mol. The molecule has 176 valence electrons. The van der Waals surface area contributed by atoms with Gasteiger partial charge in [-0.25, -0.2) is 14.2 Å². The van der Waals surface area contributed by atoms with Crippen LogP contribution in [0.3, 0.4) is 0 Å². The molecule has 1 aromatic carbocycles. The number of benzene rings is 1. The van der Waals surface area contributed by atoms with E-state index in [1.807, 2.05) is 58.5 Å². The van der Waals surface area contributed by atoms with Crippen LogP contribution in [-0.4, -0.2) is 34.8 Å². The van der Waals surface area contributed by atoms with E-state index in [4.69, 9.17) is 19.2 Å². The summed E-state index contributed by atoms with van der Waals surface area (Å²) >= 11 is 0. The van der Waals surface area contributed by atoms with E-state index in [1.165, 1.54) is 13.2 Å². The second-order valence-electron chi connectivity index (χ2n) is 9.57. The van der Waals surface area contributed by atoms with Gasteiger partial charge in [-0.15, -0.1) is 0 Å². The summed E-state index contributed by atoms with van der Waals surface area (Å²) in [6, 6.07) is 3.45. The highest BCUT2D eigenvalue weighted by Gasteiger charge is 2.34. The van der Waals surface area contributed by atoms with E-state index in [0.29, 0.717) is 29.2 Å². The van der Waals surface area contributed by atoms with Crippen LogP contribution in [0, 0.1) is 19.7 Å². The molecule has 0 aliphatic carbocycles. The summed E-state index contributed by atoms with van der Waals surface area (Å²) in [6.45, 7) is 9.98. The number of hydrogen-bond donors (Lipinski definition) is 0. The van der Waals surface area contributed by atoms with Gasteiger partial charge in [0.15, 0.2) is 17.7 Å². The number of nitrogens with zero attached hydrogens (tertiary/aromatic N) is 2. The minimum Gasteiger partial charge on any atom is -0.490 e. The van der Waals surface area contributed by atoms with Crippen LogP contribution >= 0.6 is 0 Å². The zero-order valence-electron chi connectivity index (χ0n) is 20.3. The number of hydrogen-bond acceptors (Lipinski definition) is 5. The smallest absolute Gasteiger partial charge is 0.339 e. The van der Waals surface area contributed by atoms with Crippen LogP contribution in [0.2, 0.25) is 0 Å². The molecule has 1 aliphatic heterocycles. The van der Waals surface area contributed by atoms with Crippen molar-refractivity contribution >= 4 is 17.0 Å². The van der Waals surface area contributed by atoms with Gasteiger partial charge in [0.05, 0.1) is 19.3 Å². The molecule has 7 heteroatoms. The molecule has 0 saturated heterocycles. The number of rotatable bonds is 4. The number of carbonyl (C=O) groups excluding carboxylic acids is 1. The summed E-state index contributed by atoms with van der Waals surface area (Å²) in [4.78, 5) is 17.8. The summed E-state index contributed by atoms with van der Waals surface area (Å²) in [6.07, 6.45) is 2.46. The van der Waals surface area contributed by atoms with Crippen LogP contribution in [0.25, 0.3) is 22.2 Å². The van der Waals surface area contributed by atoms with Gasteiger partial charge in [-0.3, -0.25) is 0 Å². The van der Waals surface area contributed by atoms with Crippen molar-refractivity contribution in [3.63, 3.8) is 0 Å². The predicted octanol–water partition coefficient (Wildman–Crippen LogP) is 5.35. The van der Waals surface area contributed by atoms with Crippen molar-refractivity contribution in [1.82, 2.24) is 9.55 Å². The Bertz CT molecular complexity index is 1240. The number of halogens is 1. The predicted molar refractivity (Wildman–Crippen MR) is 125 cm³/mol. The van der Waals surface area contributed by atoms with Crippen molar-refractivity contribution in [2.75, 3.05) is 13.7 Å². The fraction of sp³-hybridized carbons (Fsp3) is 0.462. The molecular formula is C26H31FN2O4. The summed E-state index contributed by atoms with van der Waals surface area (Å²) in [7, 11) is 3.25. The van der Waals surface area contributed by atoms with Crippen molar-refractivity contribution in [3.05, 3.63) is 46.5 Å². The van der Waals surface area contributed by atoms with Gasteiger partial charge in [0.25, 0.3) is 0 Å². The topological polar surface area (TPSA) is 62.6 Å². The Labute approximate surface area is 193 Å². The molecule has 0 N–H and O–H groups in total. The highest BCUT2D eigenvalue weighted by molar-refractivity contribution is 5.99. The van der Waals surface area contributed by atoms with Gasteiger partial charge >= 0.3 is 5.97 Å². The SMILES string of the molecule is COC(=O)C(OC(C)(C)C)c1c(C)nc2c(ccn2C)c1-c1cc(F)c2c(c1C)CCCO2. The number of aromatic nitrogens is 2. The number of methoxy groups -OCH3 is 1. The van der Waals surface area contributed by atoms with E-state index < -0.39 is 23.5 Å². The molecule has 1 unspecified atom stereocenters. The average Bonchev–Trinajstić information content (AvgIpc) is 3.13. The molecule has 1 aliphatic rings. The molecule has 3 heterocycles. The second-order valence-corrected chi connectivity index (χ2v) is 9.57. The third-order valence-electron chi connectivity index (χ3n) is 6.10. The van der Waals surface area contributed by atoms with Crippen molar-refractivity contribution in [2.45, 2.75) is 59.2 Å². The maximum Gasteiger partial charge on any atom is 0.339 e. The van der Waals surface area contributed by atoms with Crippen molar-refractivity contribution in [2.24, 2.45) is 7.05 Å². The number of esters is 1. The molecule has 0 amide bonds. The fourth-order valence-corrected chi connectivity index (χ4v) is 4.61. The molecule has 0 spiro atoms. The Balaban J connectivity index is 2.10. The van der Waals surface area contributed by atoms with Crippen LogP contribution < -0.4 is 4.74 Å².